The molecule has 5 aromatic rings. The van der Waals surface area contributed by atoms with Crippen LogP contribution >= 0.6 is 23.2 Å². The topological polar surface area (TPSA) is 222 Å². The molecule has 1 aliphatic carbocycles. The molecule has 0 fully saturated rings. The molecule has 0 atom stereocenters. The number of carbonyl (C=O) groups excluding carboxylic acids is 2. The highest BCUT2D eigenvalue weighted by Crippen LogP contribution is 2.44. The van der Waals surface area contributed by atoms with Crippen molar-refractivity contribution in [2.45, 2.75) is 6.29 Å². The van der Waals surface area contributed by atoms with Crippen LogP contribution < -0.4 is 37.0 Å². The summed E-state index contributed by atoms with van der Waals surface area (Å²) < 4.78 is 12.0. The number of carboxylic acids is 1. The molecular weight excluding hydrogens is 813 g/mol. The molecule has 0 bridgehead atoms. The Morgan fingerprint density at radius 3 is 2.27 bits per heavy atom. The number of ether oxygens (including phenoxy) is 1. The fourth-order valence-electron chi connectivity index (χ4n) is 7.30. The second-order valence-electron chi connectivity index (χ2n) is 13.8. The molecule has 0 saturated carbocycles. The molecule has 0 radical (unpaired) electrons. The number of aliphatic hydroxyl groups is 2. The quantitative estimate of drug-likeness (QED) is 0.0401. The number of carboxylic acid groups (broad SMARTS) is 1. The van der Waals surface area contributed by atoms with E-state index in [1.807, 2.05) is 0 Å². The van der Waals surface area contributed by atoms with Crippen LogP contribution in [0.25, 0.3) is 45.6 Å². The van der Waals surface area contributed by atoms with Crippen molar-refractivity contribution in [1.82, 2.24) is 10.6 Å². The van der Waals surface area contributed by atoms with Gasteiger partial charge in [0.2, 0.25) is 0 Å². The zero-order chi connectivity index (χ0) is 42.6. The average molecular weight is 845 g/mol. The first kappa shape index (κ1) is 39.7. The van der Waals surface area contributed by atoms with E-state index in [4.69, 9.17) is 38.1 Å². The van der Waals surface area contributed by atoms with Crippen LogP contribution in [0.15, 0.2) is 106 Å². The third-order valence-electron chi connectivity index (χ3n) is 9.97. The van der Waals surface area contributed by atoms with Crippen molar-refractivity contribution in [3.05, 3.63) is 161 Å². The monoisotopic (exact) mass is 843 g/mol. The molecule has 5 aromatic carbocycles. The highest BCUT2D eigenvalue weighted by molar-refractivity contribution is 6.40. The lowest BCUT2D eigenvalue weighted by atomic mass is 9.88. The second-order valence-corrected chi connectivity index (χ2v) is 14.6. The van der Waals surface area contributed by atoms with Crippen LogP contribution in [0.4, 0.5) is 5.69 Å². The van der Waals surface area contributed by atoms with Gasteiger partial charge in [0.15, 0.2) is 11.7 Å². The summed E-state index contributed by atoms with van der Waals surface area (Å²) in [5.74, 6) is -1.96. The van der Waals surface area contributed by atoms with E-state index in [2.05, 4.69) is 17.2 Å². The van der Waals surface area contributed by atoms with Gasteiger partial charge in [-0.15, -0.1) is 0 Å². The van der Waals surface area contributed by atoms with Crippen LogP contribution in [0.5, 0.6) is 17.2 Å². The summed E-state index contributed by atoms with van der Waals surface area (Å²) in [5, 5.41) is 48.0. The first-order chi connectivity index (χ1) is 28.7. The second kappa shape index (κ2) is 15.5. The number of aliphatic hydroxyl groups excluding tert-OH is 1. The minimum absolute atomic E-state index is 0.0321. The maximum absolute atomic E-state index is 13.5. The molecule has 0 aromatic heterocycles. The smallest absolute Gasteiger partial charge is 0.337 e. The van der Waals surface area contributed by atoms with Gasteiger partial charge >= 0.3 is 5.97 Å². The maximum Gasteiger partial charge on any atom is 0.337 e. The molecule has 13 nitrogen and oxygen atoms in total. The summed E-state index contributed by atoms with van der Waals surface area (Å²) in [4.78, 5) is 51.8. The number of hydrogen-bond donors (Lipinski definition) is 7. The van der Waals surface area contributed by atoms with Gasteiger partial charge in [0, 0.05) is 86.5 Å². The number of hydrogen-bond acceptors (Lipinski definition) is 10. The number of fused-ring (bicyclic) bond motifs is 4. The van der Waals surface area contributed by atoms with E-state index in [0.29, 0.717) is 60.8 Å². The van der Waals surface area contributed by atoms with E-state index in [9.17, 15) is 39.6 Å². The van der Waals surface area contributed by atoms with Gasteiger partial charge in [-0.2, -0.15) is 0 Å². The van der Waals surface area contributed by atoms with Crippen molar-refractivity contribution in [3.8, 4) is 39.7 Å². The SMILES string of the molecule is C=c1ccc2c(c1)Oc1cc(N)ccc1C=2c1c(Cl)cc(C(=O)NCCNC(=O)c2ccc(-c3c4ccc(=O)cc-4oc4cc(O)ccc34)c(C(O)O)c2)c(Cl)c1C(=O)O. The van der Waals surface area contributed by atoms with E-state index in [1.165, 1.54) is 48.5 Å². The molecule has 0 saturated heterocycles. The Morgan fingerprint density at radius 2 is 1.52 bits per heavy atom. The van der Waals surface area contributed by atoms with Crippen molar-refractivity contribution >= 4 is 69.8 Å². The van der Waals surface area contributed by atoms with Gasteiger partial charge in [-0.3, -0.25) is 14.4 Å². The summed E-state index contributed by atoms with van der Waals surface area (Å²) in [5.41, 5.74) is 7.97. The summed E-state index contributed by atoms with van der Waals surface area (Å²) in [6, 6.07) is 24.2. The van der Waals surface area contributed by atoms with E-state index in [-0.39, 0.29) is 67.9 Å². The zero-order valence-corrected chi connectivity index (χ0v) is 32.5. The zero-order valence-electron chi connectivity index (χ0n) is 31.0. The fourth-order valence-corrected chi connectivity index (χ4v) is 7.91. The Kier molecular flexibility index (Phi) is 10.3. The van der Waals surface area contributed by atoms with Crippen LogP contribution in [0, 0.1) is 0 Å². The molecule has 60 heavy (non-hydrogen) atoms. The first-order valence-corrected chi connectivity index (χ1v) is 18.9. The van der Waals surface area contributed by atoms with Gasteiger partial charge in [-0.25, -0.2) is 4.79 Å². The normalized spacial score (nSPS) is 11.9. The summed E-state index contributed by atoms with van der Waals surface area (Å²) in [6.07, 6.45) is -2.03. The summed E-state index contributed by atoms with van der Waals surface area (Å²) in [6.45, 7) is 3.73. The van der Waals surface area contributed by atoms with E-state index in [0.717, 1.165) is 0 Å². The number of nitrogens with one attached hydrogen (secondary N) is 2. The van der Waals surface area contributed by atoms with Gasteiger partial charge in [0.05, 0.1) is 21.2 Å². The van der Waals surface area contributed by atoms with E-state index < -0.39 is 29.6 Å². The number of anilines is 1. The van der Waals surface area contributed by atoms with Gasteiger partial charge in [0.1, 0.15) is 28.6 Å². The van der Waals surface area contributed by atoms with Crippen LogP contribution in [0.1, 0.15) is 54.1 Å². The maximum atomic E-state index is 13.5. The number of benzene rings is 6. The van der Waals surface area contributed by atoms with Gasteiger partial charge in [-0.1, -0.05) is 48.0 Å². The Balaban J connectivity index is 1.04. The summed E-state index contributed by atoms with van der Waals surface area (Å²) in [7, 11) is 0. The lowest BCUT2D eigenvalue weighted by Gasteiger charge is -2.24. The number of halogens is 2. The van der Waals surface area contributed by atoms with E-state index in [1.54, 1.807) is 48.5 Å². The molecule has 15 heteroatoms. The third kappa shape index (κ3) is 7.16. The highest BCUT2D eigenvalue weighted by atomic mass is 35.5. The number of nitrogen functional groups attached to an aromatic ring is 1. The molecule has 0 spiro atoms. The Morgan fingerprint density at radius 1 is 0.783 bits per heavy atom. The number of aromatic hydroxyl groups is 1. The number of phenols is 1. The number of nitrogens with two attached hydrogens (primary N) is 1. The lowest BCUT2D eigenvalue weighted by Crippen LogP contribution is -2.35. The molecule has 300 valence electrons. The predicted octanol–water partition coefficient (Wildman–Crippen LogP) is 5.76. The predicted molar refractivity (Wildman–Crippen MR) is 225 cm³/mol. The Labute approximate surface area is 349 Å². The Bertz CT molecular complexity index is 3130. The third-order valence-corrected chi connectivity index (χ3v) is 10.7. The van der Waals surface area contributed by atoms with Crippen LogP contribution in [-0.4, -0.2) is 51.3 Å². The number of aromatic carboxylic acids is 1. The molecule has 3 aliphatic rings. The van der Waals surface area contributed by atoms with Gasteiger partial charge in [-0.05, 0) is 71.4 Å². The van der Waals surface area contributed by atoms with Crippen LogP contribution in [0.3, 0.4) is 0 Å². The minimum Gasteiger partial charge on any atom is -0.508 e. The number of phenolic OH excluding ortho intramolecular Hbond substituents is 1. The molecule has 0 unspecified atom stereocenters. The molecule has 8 rings (SSSR count). The van der Waals surface area contributed by atoms with Crippen molar-refractivity contribution in [2.24, 2.45) is 0 Å². The Hall–Kier alpha value is -7.16. The number of amides is 2. The standard InChI is InChI=1S/C45H31Cl2N3O10/c1-20-2-7-28-33(14-20)59-34-16-22(48)4-9-29(34)38(28)39-32(46)19-31(41(47)40(39)45(57)58)43(54)50-13-12-49-42(53)21-3-8-25(30(15-21)44(55)56)37-26-10-5-23(51)17-35(26)60-36-18-24(52)6-11-27(36)37/h2-11,14-19,44,51,55-56H,1,12-13,48H2,(H,49,53)(H,50,54)(H,57,58). The van der Waals surface area contributed by atoms with Crippen molar-refractivity contribution in [3.63, 3.8) is 0 Å². The van der Waals surface area contributed by atoms with E-state index >= 15 is 0 Å². The van der Waals surface area contributed by atoms with Crippen LogP contribution in [-0.2, 0) is 0 Å². The highest BCUT2D eigenvalue weighted by Gasteiger charge is 2.31. The summed E-state index contributed by atoms with van der Waals surface area (Å²) >= 11 is 13.5. The number of carbonyl (C=O) groups is 3. The minimum atomic E-state index is -2.03. The largest absolute Gasteiger partial charge is 0.508 e. The van der Waals surface area contributed by atoms with Crippen molar-refractivity contribution in [2.75, 3.05) is 18.8 Å². The lowest BCUT2D eigenvalue weighted by molar-refractivity contribution is -0.0420. The first-order valence-electron chi connectivity index (χ1n) is 18.1. The molecule has 2 aliphatic heterocycles. The molecular formula is C45H31Cl2N3O10. The van der Waals surface area contributed by atoms with Gasteiger partial charge in [0.25, 0.3) is 11.8 Å². The van der Waals surface area contributed by atoms with Gasteiger partial charge < -0.3 is 45.9 Å². The number of rotatable bonds is 9. The van der Waals surface area contributed by atoms with Crippen molar-refractivity contribution < 1.29 is 44.0 Å². The fraction of sp³-hybridized carbons (Fsp3) is 0.0667. The van der Waals surface area contributed by atoms with Crippen LogP contribution in [0.2, 0.25) is 10.0 Å². The molecule has 2 heterocycles. The average Bonchev–Trinajstić information content (AvgIpc) is 3.20. The molecule has 2 amide bonds. The molecule has 8 N–H and O–H groups in total. The van der Waals surface area contributed by atoms with Crippen molar-refractivity contribution in [1.29, 1.82) is 0 Å².